The quantitative estimate of drug-likeness (QED) is 0.613. The van der Waals surface area contributed by atoms with Gasteiger partial charge in [-0.1, -0.05) is 30.3 Å². The molecule has 4 rings (SSSR count). The van der Waals surface area contributed by atoms with Gasteiger partial charge in [0.05, 0.1) is 16.5 Å². The number of hydrogen-bond donors (Lipinski definition) is 1. The number of carbonyl (C=O) groups is 1. The molecule has 0 unspecified atom stereocenters. The number of carbonyl (C=O) groups excluding carboxylic acids is 1. The standard InChI is InChI=1S/C23H25N3O2S/c1-3-28-15-17-5-4-16(2)19(12-17)13-22-25-14-21(29-22)18-6-8-20(9-7-18)26-11-10-24-23(26)27/h4-9,12,14H,3,10-11,13,15H2,1-2H3,(H,24,27). The fourth-order valence-corrected chi connectivity index (χ4v) is 4.38. The van der Waals surface area contributed by atoms with Crippen molar-refractivity contribution in [1.29, 1.82) is 0 Å². The Morgan fingerprint density at radius 2 is 2.03 bits per heavy atom. The van der Waals surface area contributed by atoms with Gasteiger partial charge in [-0.2, -0.15) is 0 Å². The number of anilines is 1. The Morgan fingerprint density at radius 3 is 2.76 bits per heavy atom. The van der Waals surface area contributed by atoms with E-state index in [1.54, 1.807) is 16.2 Å². The number of rotatable bonds is 7. The van der Waals surface area contributed by atoms with E-state index in [4.69, 9.17) is 4.74 Å². The SMILES string of the molecule is CCOCc1ccc(C)c(Cc2ncc(-c3ccc(N4CCNC4=O)cc3)s2)c1. The van der Waals surface area contributed by atoms with Gasteiger partial charge < -0.3 is 10.1 Å². The molecule has 29 heavy (non-hydrogen) atoms. The molecule has 1 aliphatic rings. The average molecular weight is 408 g/mol. The van der Waals surface area contributed by atoms with Gasteiger partial charge in [0.25, 0.3) is 0 Å². The van der Waals surface area contributed by atoms with Gasteiger partial charge in [0.2, 0.25) is 0 Å². The summed E-state index contributed by atoms with van der Waals surface area (Å²) in [5.74, 6) is 0. The van der Waals surface area contributed by atoms with Crippen LogP contribution < -0.4 is 10.2 Å². The van der Waals surface area contributed by atoms with Crippen molar-refractivity contribution in [3.05, 3.63) is 70.4 Å². The van der Waals surface area contributed by atoms with Crippen LogP contribution in [-0.4, -0.2) is 30.7 Å². The van der Waals surface area contributed by atoms with E-state index in [9.17, 15) is 4.79 Å². The zero-order chi connectivity index (χ0) is 20.2. The van der Waals surface area contributed by atoms with Gasteiger partial charge >= 0.3 is 6.03 Å². The first-order valence-corrected chi connectivity index (χ1v) is 10.7. The molecule has 1 fully saturated rings. The number of aryl methyl sites for hydroxylation is 1. The van der Waals surface area contributed by atoms with Crippen molar-refractivity contribution in [2.75, 3.05) is 24.6 Å². The molecule has 5 nitrogen and oxygen atoms in total. The number of hydrogen-bond acceptors (Lipinski definition) is 4. The summed E-state index contributed by atoms with van der Waals surface area (Å²) >= 11 is 1.72. The third-order valence-corrected chi connectivity index (χ3v) is 6.15. The van der Waals surface area contributed by atoms with Crippen molar-refractivity contribution in [2.24, 2.45) is 0 Å². The highest BCUT2D eigenvalue weighted by Crippen LogP contribution is 2.30. The first-order chi connectivity index (χ1) is 14.1. The Hall–Kier alpha value is -2.70. The summed E-state index contributed by atoms with van der Waals surface area (Å²) in [6.45, 7) is 6.93. The zero-order valence-electron chi connectivity index (χ0n) is 16.8. The van der Waals surface area contributed by atoms with Crippen LogP contribution in [-0.2, 0) is 17.8 Å². The van der Waals surface area contributed by atoms with E-state index in [1.807, 2.05) is 25.3 Å². The van der Waals surface area contributed by atoms with E-state index in [1.165, 1.54) is 16.7 Å². The van der Waals surface area contributed by atoms with Crippen LogP contribution in [0, 0.1) is 6.92 Å². The largest absolute Gasteiger partial charge is 0.377 e. The topological polar surface area (TPSA) is 54.5 Å². The molecule has 2 aromatic carbocycles. The van der Waals surface area contributed by atoms with Gasteiger partial charge in [-0.05, 0) is 48.2 Å². The Labute approximate surface area is 175 Å². The van der Waals surface area contributed by atoms with Crippen LogP contribution in [0.1, 0.15) is 28.6 Å². The molecule has 6 heteroatoms. The smallest absolute Gasteiger partial charge is 0.321 e. The summed E-state index contributed by atoms with van der Waals surface area (Å²) in [5, 5.41) is 3.93. The van der Waals surface area contributed by atoms with Crippen molar-refractivity contribution < 1.29 is 9.53 Å². The van der Waals surface area contributed by atoms with E-state index < -0.39 is 0 Å². The minimum absolute atomic E-state index is 0.0280. The molecule has 2 heterocycles. The first-order valence-electron chi connectivity index (χ1n) is 9.90. The molecule has 1 N–H and O–H groups in total. The third-order valence-electron chi connectivity index (χ3n) is 5.10. The Bertz CT molecular complexity index is 998. The van der Waals surface area contributed by atoms with E-state index in [0.717, 1.165) is 34.2 Å². The summed E-state index contributed by atoms with van der Waals surface area (Å²) in [4.78, 5) is 19.4. The highest BCUT2D eigenvalue weighted by Gasteiger charge is 2.20. The zero-order valence-corrected chi connectivity index (χ0v) is 17.6. The fraction of sp³-hybridized carbons (Fsp3) is 0.304. The van der Waals surface area contributed by atoms with Gasteiger partial charge in [0.15, 0.2) is 0 Å². The molecule has 0 radical (unpaired) electrons. The lowest BCUT2D eigenvalue weighted by atomic mass is 10.0. The summed E-state index contributed by atoms with van der Waals surface area (Å²) in [6, 6.07) is 14.6. The van der Waals surface area contributed by atoms with Crippen molar-refractivity contribution >= 4 is 23.1 Å². The van der Waals surface area contributed by atoms with E-state index in [2.05, 4.69) is 47.6 Å². The molecular weight excluding hydrogens is 382 g/mol. The second-order valence-electron chi connectivity index (χ2n) is 7.12. The molecule has 1 aliphatic heterocycles. The van der Waals surface area contributed by atoms with Gasteiger partial charge in [-0.15, -0.1) is 11.3 Å². The van der Waals surface area contributed by atoms with Gasteiger partial charge in [0.1, 0.15) is 0 Å². The third kappa shape index (κ3) is 4.49. The van der Waals surface area contributed by atoms with E-state index in [0.29, 0.717) is 19.7 Å². The van der Waals surface area contributed by atoms with Crippen LogP contribution in [0.15, 0.2) is 48.7 Å². The van der Waals surface area contributed by atoms with Crippen molar-refractivity contribution in [3.8, 4) is 10.4 Å². The lowest BCUT2D eigenvalue weighted by molar-refractivity contribution is 0.134. The molecule has 0 bridgehead atoms. The molecule has 1 aromatic heterocycles. The number of thiazole rings is 1. The van der Waals surface area contributed by atoms with Gasteiger partial charge in [0, 0.05) is 38.0 Å². The van der Waals surface area contributed by atoms with Crippen LogP contribution in [0.25, 0.3) is 10.4 Å². The van der Waals surface area contributed by atoms with Crippen LogP contribution in [0.4, 0.5) is 10.5 Å². The predicted molar refractivity (Wildman–Crippen MR) is 118 cm³/mol. The van der Waals surface area contributed by atoms with Crippen LogP contribution in [0.3, 0.4) is 0 Å². The number of nitrogens with one attached hydrogen (secondary N) is 1. The summed E-state index contributed by atoms with van der Waals surface area (Å²) < 4.78 is 5.54. The predicted octanol–water partition coefficient (Wildman–Crippen LogP) is 4.78. The number of amides is 2. The second kappa shape index (κ2) is 8.76. The first kappa shape index (κ1) is 19.6. The Morgan fingerprint density at radius 1 is 1.21 bits per heavy atom. The van der Waals surface area contributed by atoms with Crippen molar-refractivity contribution in [1.82, 2.24) is 10.3 Å². The normalized spacial score (nSPS) is 13.7. The minimum Gasteiger partial charge on any atom is -0.377 e. The Kier molecular flexibility index (Phi) is 5.92. The second-order valence-corrected chi connectivity index (χ2v) is 8.24. The molecule has 0 saturated carbocycles. The highest BCUT2D eigenvalue weighted by molar-refractivity contribution is 7.15. The monoisotopic (exact) mass is 407 g/mol. The van der Waals surface area contributed by atoms with Crippen molar-refractivity contribution in [2.45, 2.75) is 26.9 Å². The summed E-state index contributed by atoms with van der Waals surface area (Å²) in [6.07, 6.45) is 2.76. The lowest BCUT2D eigenvalue weighted by Crippen LogP contribution is -2.27. The van der Waals surface area contributed by atoms with Crippen LogP contribution in [0.2, 0.25) is 0 Å². The molecule has 150 valence electrons. The molecule has 0 atom stereocenters. The van der Waals surface area contributed by atoms with E-state index >= 15 is 0 Å². The minimum atomic E-state index is -0.0280. The molecule has 0 aliphatic carbocycles. The number of nitrogens with zero attached hydrogens (tertiary/aromatic N) is 2. The lowest BCUT2D eigenvalue weighted by Gasteiger charge is -2.14. The molecule has 0 spiro atoms. The maximum atomic E-state index is 11.8. The van der Waals surface area contributed by atoms with Crippen molar-refractivity contribution in [3.63, 3.8) is 0 Å². The maximum absolute atomic E-state index is 11.8. The summed E-state index contributed by atoms with van der Waals surface area (Å²) in [7, 11) is 0. The number of aromatic nitrogens is 1. The number of ether oxygens (including phenoxy) is 1. The molecular formula is C23H25N3O2S. The number of benzene rings is 2. The molecule has 2 amide bonds. The summed E-state index contributed by atoms with van der Waals surface area (Å²) in [5.41, 5.74) is 5.81. The number of urea groups is 1. The maximum Gasteiger partial charge on any atom is 0.321 e. The Balaban J connectivity index is 1.48. The van der Waals surface area contributed by atoms with Gasteiger partial charge in [-0.3, -0.25) is 4.90 Å². The average Bonchev–Trinajstić information content (AvgIpc) is 3.38. The highest BCUT2D eigenvalue weighted by atomic mass is 32.1. The van der Waals surface area contributed by atoms with Gasteiger partial charge in [-0.25, -0.2) is 9.78 Å². The fourth-order valence-electron chi connectivity index (χ4n) is 3.44. The van der Waals surface area contributed by atoms with Crippen LogP contribution in [0.5, 0.6) is 0 Å². The van der Waals surface area contributed by atoms with Crippen LogP contribution >= 0.6 is 11.3 Å². The molecule has 1 saturated heterocycles. The molecule has 3 aromatic rings. The van der Waals surface area contributed by atoms with E-state index in [-0.39, 0.29) is 6.03 Å².